The molecule has 3 nitrogen and oxygen atoms in total. The molecule has 1 saturated carbocycles. The van der Waals surface area contributed by atoms with Crippen LogP contribution in [0, 0.1) is 17.2 Å². The number of anilines is 1. The Labute approximate surface area is 90.1 Å². The van der Waals surface area contributed by atoms with E-state index in [0.717, 1.165) is 11.7 Å². The summed E-state index contributed by atoms with van der Waals surface area (Å²) in [6, 6.07) is 6.22. The highest BCUT2D eigenvalue weighted by atomic mass is 15.0. The lowest BCUT2D eigenvalue weighted by molar-refractivity contribution is 0.692. The molecule has 0 bridgehead atoms. The molecule has 0 saturated heterocycles. The molecule has 1 fully saturated rings. The number of nitrogens with one attached hydrogen (secondary N) is 1. The van der Waals surface area contributed by atoms with Gasteiger partial charge in [0.1, 0.15) is 5.82 Å². The Bertz CT molecular complexity index is 381. The quantitative estimate of drug-likeness (QED) is 0.814. The van der Waals surface area contributed by atoms with Gasteiger partial charge in [0, 0.05) is 12.2 Å². The zero-order valence-corrected chi connectivity index (χ0v) is 8.90. The number of hydrogen-bond acceptors (Lipinski definition) is 3. The highest BCUT2D eigenvalue weighted by molar-refractivity contribution is 5.44. The maximum atomic E-state index is 8.74. The molecule has 1 aromatic rings. The van der Waals surface area contributed by atoms with Crippen LogP contribution in [0.1, 0.15) is 31.7 Å². The fourth-order valence-electron chi connectivity index (χ4n) is 1.88. The first-order chi connectivity index (χ1) is 7.33. The lowest BCUT2D eigenvalue weighted by Gasteiger charge is -2.04. The van der Waals surface area contributed by atoms with E-state index < -0.39 is 0 Å². The minimum Gasteiger partial charge on any atom is -0.367 e. The first kappa shape index (κ1) is 9.97. The van der Waals surface area contributed by atoms with Crippen molar-refractivity contribution in [3.63, 3.8) is 0 Å². The van der Waals surface area contributed by atoms with E-state index in [-0.39, 0.29) is 0 Å². The zero-order chi connectivity index (χ0) is 10.7. The molecule has 0 spiro atoms. The van der Waals surface area contributed by atoms with Crippen LogP contribution in [0.5, 0.6) is 0 Å². The van der Waals surface area contributed by atoms with Gasteiger partial charge in [-0.1, -0.05) is 13.3 Å². The van der Waals surface area contributed by atoms with Gasteiger partial charge < -0.3 is 5.32 Å². The molecule has 2 atom stereocenters. The molecular formula is C12H15N3. The fraction of sp³-hybridized carbons (Fsp3) is 0.500. The summed E-state index contributed by atoms with van der Waals surface area (Å²) >= 11 is 0. The van der Waals surface area contributed by atoms with Crippen molar-refractivity contribution in [2.75, 3.05) is 5.32 Å². The van der Waals surface area contributed by atoms with Crippen molar-refractivity contribution in [2.45, 2.75) is 32.2 Å². The second-order valence-electron chi connectivity index (χ2n) is 4.08. The van der Waals surface area contributed by atoms with Gasteiger partial charge in [0.2, 0.25) is 0 Å². The minimum atomic E-state index is 0.575. The second kappa shape index (κ2) is 4.31. The van der Waals surface area contributed by atoms with E-state index in [1.54, 1.807) is 18.3 Å². The van der Waals surface area contributed by atoms with Crippen LogP contribution in [-0.4, -0.2) is 11.0 Å². The number of aromatic nitrogens is 1. The topological polar surface area (TPSA) is 48.7 Å². The number of hydrogen-bond donors (Lipinski definition) is 1. The molecule has 1 aromatic heterocycles. The summed E-state index contributed by atoms with van der Waals surface area (Å²) in [7, 11) is 0. The molecule has 0 amide bonds. The third-order valence-corrected chi connectivity index (χ3v) is 2.80. The molecule has 1 heterocycles. The molecule has 1 aliphatic rings. The average molecular weight is 201 g/mol. The second-order valence-corrected chi connectivity index (χ2v) is 4.08. The van der Waals surface area contributed by atoms with Crippen molar-refractivity contribution in [3.05, 3.63) is 23.9 Å². The van der Waals surface area contributed by atoms with Crippen LogP contribution in [0.15, 0.2) is 18.3 Å². The molecular weight excluding hydrogens is 186 g/mol. The largest absolute Gasteiger partial charge is 0.367 e. The Morgan fingerprint density at radius 2 is 2.53 bits per heavy atom. The maximum Gasteiger partial charge on any atom is 0.127 e. The highest BCUT2D eigenvalue weighted by Gasteiger charge is 2.35. The smallest absolute Gasteiger partial charge is 0.127 e. The van der Waals surface area contributed by atoms with Gasteiger partial charge >= 0.3 is 0 Å². The first-order valence-corrected chi connectivity index (χ1v) is 5.46. The van der Waals surface area contributed by atoms with Gasteiger partial charge in [-0.3, -0.25) is 0 Å². The van der Waals surface area contributed by atoms with Crippen LogP contribution >= 0.6 is 0 Å². The number of nitriles is 1. The molecule has 15 heavy (non-hydrogen) atoms. The SMILES string of the molecule is CCCC1CC1Nc1cc(C#N)ccn1. The summed E-state index contributed by atoms with van der Waals surface area (Å²) in [6.45, 7) is 2.21. The summed E-state index contributed by atoms with van der Waals surface area (Å²) in [6.07, 6.45) is 5.45. The van der Waals surface area contributed by atoms with Crippen LogP contribution in [0.25, 0.3) is 0 Å². The molecule has 1 N–H and O–H groups in total. The monoisotopic (exact) mass is 201 g/mol. The van der Waals surface area contributed by atoms with Gasteiger partial charge in [-0.25, -0.2) is 4.98 Å². The molecule has 78 valence electrons. The van der Waals surface area contributed by atoms with E-state index in [0.29, 0.717) is 11.6 Å². The molecule has 0 aliphatic heterocycles. The van der Waals surface area contributed by atoms with Crippen molar-refractivity contribution < 1.29 is 0 Å². The van der Waals surface area contributed by atoms with E-state index in [1.165, 1.54) is 19.3 Å². The molecule has 0 radical (unpaired) electrons. The summed E-state index contributed by atoms with van der Waals surface area (Å²) < 4.78 is 0. The average Bonchev–Trinajstić information content (AvgIpc) is 2.97. The standard InChI is InChI=1S/C12H15N3/c1-2-3-10-7-11(10)15-12-6-9(8-13)4-5-14-12/h4-6,10-11H,2-3,7H2,1H3,(H,14,15). The van der Waals surface area contributed by atoms with Crippen LogP contribution < -0.4 is 5.32 Å². The van der Waals surface area contributed by atoms with Gasteiger partial charge in [0.05, 0.1) is 11.6 Å². The van der Waals surface area contributed by atoms with Crippen molar-refractivity contribution in [2.24, 2.45) is 5.92 Å². The number of pyridine rings is 1. The van der Waals surface area contributed by atoms with E-state index in [4.69, 9.17) is 5.26 Å². The van der Waals surface area contributed by atoms with Crippen molar-refractivity contribution in [1.29, 1.82) is 5.26 Å². The van der Waals surface area contributed by atoms with Gasteiger partial charge in [0.25, 0.3) is 0 Å². The number of nitrogens with zero attached hydrogens (tertiary/aromatic N) is 2. The number of rotatable bonds is 4. The Hall–Kier alpha value is -1.56. The summed E-state index contributed by atoms with van der Waals surface area (Å²) in [4.78, 5) is 4.20. The molecule has 2 rings (SSSR count). The third-order valence-electron chi connectivity index (χ3n) is 2.80. The van der Waals surface area contributed by atoms with Crippen molar-refractivity contribution >= 4 is 5.82 Å². The van der Waals surface area contributed by atoms with Gasteiger partial charge in [0.15, 0.2) is 0 Å². The third kappa shape index (κ3) is 2.47. The van der Waals surface area contributed by atoms with E-state index >= 15 is 0 Å². The van der Waals surface area contributed by atoms with Gasteiger partial charge in [-0.05, 0) is 30.9 Å². The predicted octanol–water partition coefficient (Wildman–Crippen LogP) is 2.55. The summed E-state index contributed by atoms with van der Waals surface area (Å²) in [5.74, 6) is 1.64. The molecule has 1 aliphatic carbocycles. The van der Waals surface area contributed by atoms with Crippen molar-refractivity contribution in [1.82, 2.24) is 4.98 Å². The normalized spacial score (nSPS) is 23.2. The molecule has 3 heteroatoms. The molecule has 0 aromatic carbocycles. The van der Waals surface area contributed by atoms with Crippen LogP contribution in [-0.2, 0) is 0 Å². The highest BCUT2D eigenvalue weighted by Crippen LogP contribution is 2.36. The summed E-state index contributed by atoms with van der Waals surface area (Å²) in [5.41, 5.74) is 0.667. The maximum absolute atomic E-state index is 8.74. The van der Waals surface area contributed by atoms with Gasteiger partial charge in [-0.15, -0.1) is 0 Å². The van der Waals surface area contributed by atoms with Crippen LogP contribution in [0.2, 0.25) is 0 Å². The Morgan fingerprint density at radius 3 is 3.27 bits per heavy atom. The van der Waals surface area contributed by atoms with Crippen LogP contribution in [0.3, 0.4) is 0 Å². The van der Waals surface area contributed by atoms with E-state index in [2.05, 4.69) is 23.3 Å². The van der Waals surface area contributed by atoms with Crippen LogP contribution in [0.4, 0.5) is 5.82 Å². The predicted molar refractivity (Wildman–Crippen MR) is 59.4 cm³/mol. The van der Waals surface area contributed by atoms with Gasteiger partial charge in [-0.2, -0.15) is 5.26 Å². The Kier molecular flexibility index (Phi) is 2.86. The lowest BCUT2D eigenvalue weighted by atomic mass is 10.2. The minimum absolute atomic E-state index is 0.575. The fourth-order valence-corrected chi connectivity index (χ4v) is 1.88. The van der Waals surface area contributed by atoms with E-state index in [9.17, 15) is 0 Å². The zero-order valence-electron chi connectivity index (χ0n) is 8.90. The summed E-state index contributed by atoms with van der Waals surface area (Å²) in [5, 5.41) is 12.1. The Balaban J connectivity index is 1.92. The first-order valence-electron chi connectivity index (χ1n) is 5.46. The lowest BCUT2D eigenvalue weighted by Crippen LogP contribution is -2.06. The Morgan fingerprint density at radius 1 is 1.67 bits per heavy atom. The van der Waals surface area contributed by atoms with E-state index in [1.807, 2.05) is 0 Å². The van der Waals surface area contributed by atoms with Crippen molar-refractivity contribution in [3.8, 4) is 6.07 Å². The molecule has 2 unspecified atom stereocenters.